The maximum Gasteiger partial charge on any atom is 0.0641 e. The lowest BCUT2D eigenvalue weighted by Crippen LogP contribution is -2.11. The minimum absolute atomic E-state index is 0.0171. The Kier molecular flexibility index (Phi) is 8.10. The van der Waals surface area contributed by atoms with Crippen molar-refractivity contribution in [2.75, 3.05) is 9.80 Å². The standard InChI is InChI=1S/C62H50N4/c1-61(2,3)39-27-31-51-49(35-39)57-53(63(41-19-11-7-12-20-41)42-21-13-8-14-22-42)33-29-45-47-37-48-46-30-34-54(64(43-23-15-9-16-24-43)44-25-17-10-18-26-44)58-50-36-40(62(4,5)6)28-32-52(50)66(60(46)58)56(48)38-55(47)65(51)59(45)57/h7-38H,1-6H3. The summed E-state index contributed by atoms with van der Waals surface area (Å²) in [6.07, 6.45) is 0. The van der Waals surface area contributed by atoms with Crippen LogP contribution in [0.1, 0.15) is 52.7 Å². The number of para-hydroxylation sites is 4. The minimum atomic E-state index is -0.0171. The quantitative estimate of drug-likeness (QED) is 0.166. The van der Waals surface area contributed by atoms with E-state index in [2.05, 4.69) is 254 Å². The third kappa shape index (κ3) is 5.51. The van der Waals surface area contributed by atoms with Crippen LogP contribution >= 0.6 is 0 Å². The van der Waals surface area contributed by atoms with Gasteiger partial charge in [-0.3, -0.25) is 0 Å². The number of anilines is 6. The van der Waals surface area contributed by atoms with Gasteiger partial charge in [-0.15, -0.1) is 0 Å². The van der Waals surface area contributed by atoms with Crippen LogP contribution in [0.2, 0.25) is 0 Å². The number of hydrogen-bond acceptors (Lipinski definition) is 2. The van der Waals surface area contributed by atoms with Crippen molar-refractivity contribution in [3.8, 4) is 0 Å². The molecular formula is C62H50N4. The monoisotopic (exact) mass is 850 g/mol. The molecule has 0 bridgehead atoms. The van der Waals surface area contributed by atoms with Gasteiger partial charge in [0.05, 0.1) is 44.5 Å². The lowest BCUT2D eigenvalue weighted by molar-refractivity contribution is 0.591. The summed E-state index contributed by atoms with van der Waals surface area (Å²) in [7, 11) is 0. The Morgan fingerprint density at radius 1 is 0.303 bits per heavy atom. The zero-order chi connectivity index (χ0) is 44.6. The molecule has 4 heteroatoms. The highest BCUT2D eigenvalue weighted by atomic mass is 15.2. The van der Waals surface area contributed by atoms with Gasteiger partial charge < -0.3 is 18.6 Å². The summed E-state index contributed by atoms with van der Waals surface area (Å²) in [5.74, 6) is 0. The summed E-state index contributed by atoms with van der Waals surface area (Å²) in [5.41, 5.74) is 16.9. The summed E-state index contributed by atoms with van der Waals surface area (Å²) in [4.78, 5) is 4.87. The van der Waals surface area contributed by atoms with Crippen LogP contribution in [0.15, 0.2) is 194 Å². The van der Waals surface area contributed by atoms with Crippen molar-refractivity contribution in [2.45, 2.75) is 52.4 Å². The zero-order valence-corrected chi connectivity index (χ0v) is 38.3. The van der Waals surface area contributed by atoms with Crippen LogP contribution in [0.5, 0.6) is 0 Å². The van der Waals surface area contributed by atoms with Crippen molar-refractivity contribution in [1.82, 2.24) is 8.80 Å². The van der Waals surface area contributed by atoms with Crippen LogP contribution in [0.4, 0.5) is 34.1 Å². The van der Waals surface area contributed by atoms with Gasteiger partial charge in [0.1, 0.15) is 0 Å². The van der Waals surface area contributed by atoms with E-state index in [1.165, 1.54) is 98.7 Å². The molecule has 0 saturated carbocycles. The van der Waals surface area contributed by atoms with Crippen LogP contribution < -0.4 is 9.80 Å². The molecule has 318 valence electrons. The topological polar surface area (TPSA) is 15.3 Å². The van der Waals surface area contributed by atoms with E-state index in [0.717, 1.165) is 22.7 Å². The molecule has 0 aliphatic heterocycles. The van der Waals surface area contributed by atoms with Gasteiger partial charge >= 0.3 is 0 Å². The molecule has 0 spiro atoms. The number of rotatable bonds is 6. The maximum atomic E-state index is 2.57. The first-order chi connectivity index (χ1) is 32.0. The van der Waals surface area contributed by atoms with Crippen LogP contribution in [-0.4, -0.2) is 8.80 Å². The molecular weight excluding hydrogens is 801 g/mol. The number of fused-ring (bicyclic) bond motifs is 12. The molecule has 13 aromatic rings. The average molecular weight is 851 g/mol. The van der Waals surface area contributed by atoms with E-state index in [4.69, 9.17) is 0 Å². The molecule has 4 heterocycles. The van der Waals surface area contributed by atoms with Crippen LogP contribution in [0.3, 0.4) is 0 Å². The number of hydrogen-bond donors (Lipinski definition) is 0. The smallest absolute Gasteiger partial charge is 0.0641 e. The van der Waals surface area contributed by atoms with E-state index in [1.807, 2.05) is 0 Å². The highest BCUT2D eigenvalue weighted by Gasteiger charge is 2.29. The van der Waals surface area contributed by atoms with E-state index >= 15 is 0 Å². The van der Waals surface area contributed by atoms with Crippen molar-refractivity contribution in [2.24, 2.45) is 0 Å². The molecule has 0 unspecified atom stereocenters. The molecule has 0 fully saturated rings. The molecule has 0 aliphatic rings. The van der Waals surface area contributed by atoms with Crippen LogP contribution in [0, 0.1) is 0 Å². The van der Waals surface area contributed by atoms with Crippen LogP contribution in [0.25, 0.3) is 76.2 Å². The first-order valence-electron chi connectivity index (χ1n) is 23.3. The molecule has 9 aromatic carbocycles. The van der Waals surface area contributed by atoms with Crippen LogP contribution in [-0.2, 0) is 10.8 Å². The Labute approximate surface area is 384 Å². The van der Waals surface area contributed by atoms with Gasteiger partial charge in [-0.05, 0) is 119 Å². The maximum absolute atomic E-state index is 2.57. The predicted molar refractivity (Wildman–Crippen MR) is 283 cm³/mol. The predicted octanol–water partition coefficient (Wildman–Crippen LogP) is 17.5. The van der Waals surface area contributed by atoms with Crippen molar-refractivity contribution in [1.29, 1.82) is 0 Å². The molecule has 0 N–H and O–H groups in total. The van der Waals surface area contributed by atoms with E-state index in [1.54, 1.807) is 0 Å². The Morgan fingerprint density at radius 2 is 0.652 bits per heavy atom. The van der Waals surface area contributed by atoms with E-state index in [-0.39, 0.29) is 10.8 Å². The van der Waals surface area contributed by atoms with Crippen molar-refractivity contribution in [3.63, 3.8) is 0 Å². The minimum Gasteiger partial charge on any atom is -0.310 e. The summed E-state index contributed by atoms with van der Waals surface area (Å²) in [6.45, 7) is 13.9. The second-order valence-corrected chi connectivity index (χ2v) is 20.2. The molecule has 0 aliphatic carbocycles. The fourth-order valence-electron chi connectivity index (χ4n) is 11.0. The SMILES string of the molecule is CC(C)(C)c1ccc2c(c1)c1c(N(c3ccccc3)c3ccccc3)ccc3c4cc5c6ccc(N(c7ccccc7)c7ccccc7)c7c8cc(C(C)(C)C)ccc8n(c5cc4n2c31)c67. The molecule has 4 nitrogen and oxygen atoms in total. The lowest BCUT2D eigenvalue weighted by Gasteiger charge is -2.26. The Bertz CT molecular complexity index is 3640. The highest BCUT2D eigenvalue weighted by Crippen LogP contribution is 2.52. The Balaban J connectivity index is 1.17. The van der Waals surface area contributed by atoms with Gasteiger partial charge in [0.2, 0.25) is 0 Å². The van der Waals surface area contributed by atoms with Gasteiger partial charge in [0.25, 0.3) is 0 Å². The van der Waals surface area contributed by atoms with Gasteiger partial charge in [0.15, 0.2) is 0 Å². The first kappa shape index (κ1) is 38.6. The van der Waals surface area contributed by atoms with E-state index in [0.29, 0.717) is 0 Å². The van der Waals surface area contributed by atoms with Gasteiger partial charge in [-0.2, -0.15) is 0 Å². The molecule has 0 atom stereocenters. The Hall–Kier alpha value is -7.82. The third-order valence-electron chi connectivity index (χ3n) is 14.2. The van der Waals surface area contributed by atoms with E-state index < -0.39 is 0 Å². The van der Waals surface area contributed by atoms with E-state index in [9.17, 15) is 0 Å². The number of nitrogens with zero attached hydrogens (tertiary/aromatic N) is 4. The summed E-state index contributed by atoms with van der Waals surface area (Å²) >= 11 is 0. The summed E-state index contributed by atoms with van der Waals surface area (Å²) in [6, 6.07) is 72.2. The van der Waals surface area contributed by atoms with Crippen molar-refractivity contribution < 1.29 is 0 Å². The fourth-order valence-corrected chi connectivity index (χ4v) is 11.0. The van der Waals surface area contributed by atoms with Crippen molar-refractivity contribution >= 4 is 110 Å². The second kappa shape index (κ2) is 13.8. The molecule has 0 radical (unpaired) electrons. The highest BCUT2D eigenvalue weighted by molar-refractivity contribution is 6.32. The first-order valence-corrected chi connectivity index (χ1v) is 23.3. The summed E-state index contributed by atoms with van der Waals surface area (Å²) in [5, 5.41) is 10.2. The molecule has 13 rings (SSSR count). The average Bonchev–Trinajstić information content (AvgIpc) is 4.05. The number of benzene rings is 9. The molecule has 66 heavy (non-hydrogen) atoms. The lowest BCUT2D eigenvalue weighted by atomic mass is 9.86. The summed E-state index contributed by atoms with van der Waals surface area (Å²) < 4.78 is 5.14. The Morgan fingerprint density at radius 3 is 0.985 bits per heavy atom. The van der Waals surface area contributed by atoms with Gasteiger partial charge in [-0.25, -0.2) is 0 Å². The normalized spacial score (nSPS) is 12.7. The largest absolute Gasteiger partial charge is 0.310 e. The molecule has 0 amide bonds. The third-order valence-corrected chi connectivity index (χ3v) is 14.2. The van der Waals surface area contributed by atoms with Gasteiger partial charge in [0, 0.05) is 65.8 Å². The molecule has 4 aromatic heterocycles. The second-order valence-electron chi connectivity index (χ2n) is 20.2. The fraction of sp³-hybridized carbons (Fsp3) is 0.129. The van der Waals surface area contributed by atoms with Gasteiger partial charge in [-0.1, -0.05) is 139 Å². The molecule has 0 saturated heterocycles. The zero-order valence-electron chi connectivity index (χ0n) is 38.3. The van der Waals surface area contributed by atoms with Crippen molar-refractivity contribution in [3.05, 3.63) is 205 Å². The number of aromatic nitrogens is 2.